The maximum atomic E-state index is 12.1. The second-order valence-corrected chi connectivity index (χ2v) is 5.56. The number of carboxylic acids is 1. The molecule has 1 aromatic rings. The Balaban J connectivity index is 2.63. The lowest BCUT2D eigenvalue weighted by Gasteiger charge is -2.22. The van der Waals surface area contributed by atoms with Gasteiger partial charge in [-0.15, -0.1) is 0 Å². The number of thiol groups is 1. The van der Waals surface area contributed by atoms with Gasteiger partial charge in [0.15, 0.2) is 6.04 Å². The first-order valence-electron chi connectivity index (χ1n) is 7.11. The number of nitrogens with one attached hydrogen (secondary N) is 3. The zero-order chi connectivity index (χ0) is 18.3. The predicted molar refractivity (Wildman–Crippen MR) is 87.3 cm³/mol. The molecule has 0 saturated heterocycles. The Morgan fingerprint density at radius 1 is 1.38 bits per heavy atom. The summed E-state index contributed by atoms with van der Waals surface area (Å²) in [5, 5.41) is 22.9. The zero-order valence-electron chi connectivity index (χ0n) is 13.0. The minimum absolute atomic E-state index is 0.0689. The summed E-state index contributed by atoms with van der Waals surface area (Å²) in [6, 6.07) is -3.50. The maximum Gasteiger partial charge on any atom is 0.328 e. The normalized spacial score (nSPS) is 15.8. The highest BCUT2D eigenvalue weighted by molar-refractivity contribution is 7.80. The number of imidazole rings is 1. The third-order valence-electron chi connectivity index (χ3n) is 3.19. The van der Waals surface area contributed by atoms with Crippen molar-refractivity contribution in [3.05, 3.63) is 18.2 Å². The number of amides is 2. The van der Waals surface area contributed by atoms with Crippen molar-refractivity contribution in [3.8, 4) is 0 Å². The smallest absolute Gasteiger partial charge is 0.328 e. The van der Waals surface area contributed by atoms with Crippen LogP contribution in [0.5, 0.6) is 0 Å². The number of aliphatic hydroxyl groups is 1. The van der Waals surface area contributed by atoms with Crippen LogP contribution < -0.4 is 16.4 Å². The largest absolute Gasteiger partial charge is 0.480 e. The van der Waals surface area contributed by atoms with Gasteiger partial charge in [0.2, 0.25) is 11.8 Å². The van der Waals surface area contributed by atoms with Crippen molar-refractivity contribution < 1.29 is 24.6 Å². The SMILES string of the molecule is CC(O)C(NC(=O)C(CS)NC(=O)C(N)Cc1cnc[nH]1)C(=O)O. The number of nitrogens with two attached hydrogens (primary N) is 1. The molecule has 10 nitrogen and oxygen atoms in total. The van der Waals surface area contributed by atoms with Crippen LogP contribution in [-0.4, -0.2) is 67.9 Å². The van der Waals surface area contributed by atoms with Gasteiger partial charge in [-0.05, 0) is 6.92 Å². The maximum absolute atomic E-state index is 12.1. The summed E-state index contributed by atoms with van der Waals surface area (Å²) < 4.78 is 0. The van der Waals surface area contributed by atoms with Gasteiger partial charge in [0.25, 0.3) is 0 Å². The number of hydrogen-bond acceptors (Lipinski definition) is 7. The van der Waals surface area contributed by atoms with Gasteiger partial charge in [0.1, 0.15) is 6.04 Å². The molecule has 0 aliphatic heterocycles. The van der Waals surface area contributed by atoms with E-state index in [4.69, 9.17) is 10.8 Å². The van der Waals surface area contributed by atoms with E-state index in [-0.39, 0.29) is 12.2 Å². The third-order valence-corrected chi connectivity index (χ3v) is 3.56. The van der Waals surface area contributed by atoms with Crippen molar-refractivity contribution in [3.63, 3.8) is 0 Å². The van der Waals surface area contributed by atoms with Crippen LogP contribution in [-0.2, 0) is 20.8 Å². The van der Waals surface area contributed by atoms with Gasteiger partial charge in [-0.2, -0.15) is 12.6 Å². The number of carboxylic acid groups (broad SMARTS) is 1. The fourth-order valence-corrected chi connectivity index (χ4v) is 2.10. The average molecular weight is 359 g/mol. The molecular weight excluding hydrogens is 338 g/mol. The molecule has 24 heavy (non-hydrogen) atoms. The molecule has 0 aromatic carbocycles. The van der Waals surface area contributed by atoms with E-state index in [9.17, 15) is 19.5 Å². The van der Waals surface area contributed by atoms with E-state index >= 15 is 0 Å². The van der Waals surface area contributed by atoms with Gasteiger partial charge in [0.05, 0.1) is 18.5 Å². The Morgan fingerprint density at radius 2 is 2.04 bits per heavy atom. The Morgan fingerprint density at radius 3 is 2.50 bits per heavy atom. The molecule has 1 rings (SSSR count). The van der Waals surface area contributed by atoms with E-state index in [0.29, 0.717) is 5.69 Å². The highest BCUT2D eigenvalue weighted by Crippen LogP contribution is 2.00. The van der Waals surface area contributed by atoms with E-state index in [1.54, 1.807) is 0 Å². The molecule has 2 amide bonds. The van der Waals surface area contributed by atoms with Crippen molar-refractivity contribution in [2.45, 2.75) is 37.6 Å². The van der Waals surface area contributed by atoms with Crippen LogP contribution in [0.2, 0.25) is 0 Å². The van der Waals surface area contributed by atoms with E-state index in [0.717, 1.165) is 0 Å². The Bertz CT molecular complexity index is 565. The fraction of sp³-hybridized carbons (Fsp3) is 0.538. The van der Waals surface area contributed by atoms with Crippen LogP contribution in [0, 0.1) is 0 Å². The lowest BCUT2D eigenvalue weighted by Crippen LogP contribution is -2.57. The molecule has 0 aliphatic carbocycles. The Kier molecular flexibility index (Phi) is 7.68. The molecule has 0 radical (unpaired) electrons. The van der Waals surface area contributed by atoms with Gasteiger partial charge < -0.3 is 31.6 Å². The molecule has 11 heteroatoms. The van der Waals surface area contributed by atoms with E-state index in [1.165, 1.54) is 19.4 Å². The van der Waals surface area contributed by atoms with E-state index in [2.05, 4.69) is 33.2 Å². The number of carbonyl (C=O) groups is 3. The van der Waals surface area contributed by atoms with Crippen LogP contribution in [0.25, 0.3) is 0 Å². The summed E-state index contributed by atoms with van der Waals surface area (Å²) >= 11 is 3.97. The van der Waals surface area contributed by atoms with Crippen LogP contribution >= 0.6 is 12.6 Å². The Labute approximate surface area is 143 Å². The first-order valence-corrected chi connectivity index (χ1v) is 7.74. The van der Waals surface area contributed by atoms with Crippen LogP contribution in [0.1, 0.15) is 12.6 Å². The summed E-state index contributed by atoms with van der Waals surface area (Å²) in [6.45, 7) is 1.23. The van der Waals surface area contributed by atoms with Crippen molar-refractivity contribution in [2.75, 3.05) is 5.75 Å². The number of H-pyrrole nitrogens is 1. The quantitative estimate of drug-likeness (QED) is 0.242. The second kappa shape index (κ2) is 9.25. The molecule has 0 fully saturated rings. The fourth-order valence-electron chi connectivity index (χ4n) is 1.84. The van der Waals surface area contributed by atoms with Gasteiger partial charge in [-0.3, -0.25) is 9.59 Å². The number of nitrogens with zero attached hydrogens (tertiary/aromatic N) is 1. The standard InChI is InChI=1S/C13H21N5O5S/c1-6(19)10(13(22)23)18-12(21)9(4-24)17-11(20)8(14)2-7-3-15-5-16-7/h3,5-6,8-10,19,24H,2,4,14H2,1H3,(H,15,16)(H,17,20)(H,18,21)(H,22,23). The zero-order valence-corrected chi connectivity index (χ0v) is 13.9. The van der Waals surface area contributed by atoms with Crippen LogP contribution in [0.4, 0.5) is 0 Å². The summed E-state index contributed by atoms with van der Waals surface area (Å²) in [4.78, 5) is 41.7. The van der Waals surface area contributed by atoms with Crippen molar-refractivity contribution in [1.82, 2.24) is 20.6 Å². The first kappa shape index (κ1) is 19.9. The summed E-state index contributed by atoms with van der Waals surface area (Å²) in [7, 11) is 0. The molecule has 4 unspecified atom stereocenters. The number of aliphatic carboxylic acids is 1. The molecule has 0 aliphatic rings. The lowest BCUT2D eigenvalue weighted by atomic mass is 10.1. The molecule has 134 valence electrons. The summed E-state index contributed by atoms with van der Waals surface area (Å²) in [6.07, 6.45) is 1.87. The molecule has 0 saturated carbocycles. The number of aromatic amines is 1. The summed E-state index contributed by atoms with van der Waals surface area (Å²) in [5.74, 6) is -2.83. The van der Waals surface area contributed by atoms with Crippen molar-refractivity contribution in [2.24, 2.45) is 5.73 Å². The number of aromatic nitrogens is 2. The van der Waals surface area contributed by atoms with Gasteiger partial charge >= 0.3 is 5.97 Å². The highest BCUT2D eigenvalue weighted by atomic mass is 32.1. The van der Waals surface area contributed by atoms with E-state index in [1.807, 2.05) is 0 Å². The van der Waals surface area contributed by atoms with Gasteiger partial charge in [0, 0.05) is 24.1 Å². The molecule has 1 aromatic heterocycles. The molecule has 0 bridgehead atoms. The predicted octanol–water partition coefficient (Wildman–Crippen LogP) is -2.36. The van der Waals surface area contributed by atoms with Gasteiger partial charge in [-0.25, -0.2) is 9.78 Å². The van der Waals surface area contributed by atoms with Crippen LogP contribution in [0.3, 0.4) is 0 Å². The average Bonchev–Trinajstić information content (AvgIpc) is 3.01. The lowest BCUT2D eigenvalue weighted by molar-refractivity contribution is -0.145. The topological polar surface area (TPSA) is 170 Å². The minimum Gasteiger partial charge on any atom is -0.480 e. The molecule has 4 atom stereocenters. The second-order valence-electron chi connectivity index (χ2n) is 5.20. The first-order chi connectivity index (χ1) is 11.3. The third kappa shape index (κ3) is 5.83. The molecular formula is C13H21N5O5S. The number of rotatable bonds is 9. The number of aliphatic hydroxyl groups excluding tert-OH is 1. The van der Waals surface area contributed by atoms with E-state index < -0.39 is 42.0 Å². The van der Waals surface area contributed by atoms with Gasteiger partial charge in [-0.1, -0.05) is 0 Å². The molecule has 0 spiro atoms. The van der Waals surface area contributed by atoms with Crippen molar-refractivity contribution in [1.29, 1.82) is 0 Å². The molecule has 7 N–H and O–H groups in total. The minimum atomic E-state index is -1.49. The monoisotopic (exact) mass is 359 g/mol. The highest BCUT2D eigenvalue weighted by Gasteiger charge is 2.29. The molecule has 1 heterocycles. The Hall–Kier alpha value is -2.11. The number of carbonyl (C=O) groups excluding carboxylic acids is 2. The number of hydrogen-bond donors (Lipinski definition) is 7. The van der Waals surface area contributed by atoms with Crippen molar-refractivity contribution >= 4 is 30.4 Å². The summed E-state index contributed by atoms with van der Waals surface area (Å²) in [5.41, 5.74) is 6.42. The van der Waals surface area contributed by atoms with Crippen LogP contribution in [0.15, 0.2) is 12.5 Å².